The number of benzene rings is 12. The second kappa shape index (κ2) is 49.0. The molecule has 147 heavy (non-hydrogen) atoms. The molecule has 20 rings (SSSR count). The van der Waals surface area contributed by atoms with Crippen molar-refractivity contribution in [3.05, 3.63) is 312 Å². The summed E-state index contributed by atoms with van der Waals surface area (Å²) in [6.45, 7) is 23.2. The first-order chi connectivity index (χ1) is 71.4. The number of ether oxygens (including phenoxy) is 4. The van der Waals surface area contributed by atoms with Crippen LogP contribution < -0.4 is 59.8 Å². The standard InChI is InChI=1S/C33H40N2O2.C32H34F4N2O2.C32H38N2O2.C30H34N2O2/c1-4-23-11-13-25(14-12-23)26-15-17-27(18-16-26)28-19-20-31-32(21-28)37-29(6-3)22-35(31)33(36)34-30-10-8-7-9-24(30)5-2;1-3-20-5-7-21(8-6-20)22-9-11-23(12-10-22)24-13-16-29-30(17-24)40-26(4-2)19-38(29)31(39)37-28-15-14-25(33)18-27(28)32(34,35)36;1-4-23-10-12-24(13-11-23)25-14-16-26(17-15-25)27-18-19-30-31(20-27)36-28(5-2)21-34(30)32(35)33-29-9-7-6-8-22(29)3;1-3-22-9-11-23(12-10-22)24-13-15-25(16-14-24)26-17-18-28-29(19-26)34-20-21(2)32(28)30(33)31-27-7-5-4-6-8-27/h7-10,15-21,23,25,29H,4-6,11-14,22H2,1-3H3,(H,34,36);9-18,20-21,26H,3-8,19H2,1-2H3,(H,37,39);6-9,14-20,23-24,28H,4-5,10-13,21H2,1-3H3,(H,33,35);4-8,13-19,21-23H,3,9-12,20H2,1-2H3,(H,31,33). The van der Waals surface area contributed by atoms with E-state index in [9.17, 15) is 36.7 Å². The van der Waals surface area contributed by atoms with Crippen LogP contribution in [0.5, 0.6) is 23.0 Å². The molecule has 12 aromatic rings. The van der Waals surface area contributed by atoms with Gasteiger partial charge in [-0.25, -0.2) is 23.6 Å². The zero-order valence-electron chi connectivity index (χ0n) is 87.2. The average Bonchev–Trinajstić information content (AvgIpc) is 0.811. The topological polar surface area (TPSA) is 166 Å². The highest BCUT2D eigenvalue weighted by Gasteiger charge is 2.39. The van der Waals surface area contributed by atoms with Crippen molar-refractivity contribution in [1.29, 1.82) is 0 Å². The van der Waals surface area contributed by atoms with Crippen LogP contribution in [-0.2, 0) is 12.6 Å². The average molecular weight is 1990 g/mol. The molecule has 4 saturated carbocycles. The lowest BCUT2D eigenvalue weighted by atomic mass is 9.77. The fourth-order valence-corrected chi connectivity index (χ4v) is 22.8. The van der Waals surface area contributed by atoms with Crippen molar-refractivity contribution >= 4 is 69.6 Å². The van der Waals surface area contributed by atoms with Gasteiger partial charge in [-0.2, -0.15) is 13.2 Å². The molecule has 4 unspecified atom stereocenters. The first kappa shape index (κ1) is 105. The summed E-state index contributed by atoms with van der Waals surface area (Å²) in [5.74, 6) is 8.04. The predicted molar refractivity (Wildman–Crippen MR) is 592 cm³/mol. The molecule has 8 aliphatic rings. The molecular formula is C127H146F4N8O8. The van der Waals surface area contributed by atoms with E-state index in [0.717, 1.165) is 145 Å². The van der Waals surface area contributed by atoms with Crippen LogP contribution in [0, 0.1) is 36.4 Å². The van der Waals surface area contributed by atoms with Crippen molar-refractivity contribution in [1.82, 2.24) is 0 Å². The Labute approximate surface area is 867 Å². The molecule has 16 nitrogen and oxygen atoms in total. The summed E-state index contributed by atoms with van der Waals surface area (Å²) in [4.78, 5) is 59.8. The number of alkyl halides is 3. The smallest absolute Gasteiger partial charge is 0.418 e. The van der Waals surface area contributed by atoms with E-state index in [2.05, 4.69) is 209 Å². The normalized spacial score (nSPS) is 21.3. The van der Waals surface area contributed by atoms with Crippen LogP contribution in [-0.4, -0.2) is 74.7 Å². The highest BCUT2D eigenvalue weighted by atomic mass is 19.4. The largest absolute Gasteiger partial charge is 0.489 e. The van der Waals surface area contributed by atoms with E-state index in [-0.39, 0.29) is 49.0 Å². The summed E-state index contributed by atoms with van der Waals surface area (Å²) in [5, 5.41) is 11.6. The molecule has 0 saturated heterocycles. The maximum Gasteiger partial charge on any atom is 0.418 e. The Morgan fingerprint density at radius 2 is 0.653 bits per heavy atom. The third-order valence-electron chi connectivity index (χ3n) is 32.4. The maximum atomic E-state index is 13.5. The molecular weight excluding hydrogens is 1840 g/mol. The number of carbonyl (C=O) groups excluding carboxylic acids is 4. The fraction of sp³-hybridized carbons (Fsp3) is 0.402. The summed E-state index contributed by atoms with van der Waals surface area (Å²) in [7, 11) is 0. The Kier molecular flexibility index (Phi) is 35.0. The lowest BCUT2D eigenvalue weighted by molar-refractivity contribution is -0.137. The molecule has 4 N–H and O–H groups in total. The molecule has 0 spiro atoms. The van der Waals surface area contributed by atoms with E-state index in [1.165, 1.54) is 172 Å². The van der Waals surface area contributed by atoms with Gasteiger partial charge in [0.15, 0.2) is 0 Å². The highest BCUT2D eigenvalue weighted by Crippen LogP contribution is 2.49. The van der Waals surface area contributed by atoms with Crippen LogP contribution in [0.3, 0.4) is 0 Å². The van der Waals surface area contributed by atoms with Gasteiger partial charge in [-0.05, 0) is 358 Å². The van der Waals surface area contributed by atoms with Crippen molar-refractivity contribution in [2.75, 3.05) is 67.1 Å². The molecule has 4 fully saturated rings. The second-order valence-electron chi connectivity index (χ2n) is 41.6. The number of amides is 8. The zero-order chi connectivity index (χ0) is 103. The molecule has 0 bridgehead atoms. The zero-order valence-corrected chi connectivity index (χ0v) is 87.2. The van der Waals surface area contributed by atoms with E-state index in [0.29, 0.717) is 67.3 Å². The minimum atomic E-state index is -4.82. The van der Waals surface area contributed by atoms with Gasteiger partial charge in [0.1, 0.15) is 53.7 Å². The monoisotopic (exact) mass is 1990 g/mol. The Balaban J connectivity index is 0.000000134. The number of fused-ring (bicyclic) bond motifs is 4. The fourth-order valence-electron chi connectivity index (χ4n) is 22.8. The number of aryl methyl sites for hydroxylation is 2. The third-order valence-corrected chi connectivity index (χ3v) is 32.4. The van der Waals surface area contributed by atoms with Gasteiger partial charge in [0.05, 0.1) is 59.7 Å². The minimum absolute atomic E-state index is 0.0315. The van der Waals surface area contributed by atoms with Crippen LogP contribution >= 0.6 is 0 Å². The highest BCUT2D eigenvalue weighted by molar-refractivity contribution is 6.07. The molecule has 0 radical (unpaired) electrons. The van der Waals surface area contributed by atoms with Crippen molar-refractivity contribution < 1.29 is 55.7 Å². The third kappa shape index (κ3) is 25.7. The molecule has 20 heteroatoms. The van der Waals surface area contributed by atoms with Crippen LogP contribution in [0.1, 0.15) is 273 Å². The number of carbonyl (C=O) groups is 4. The van der Waals surface area contributed by atoms with E-state index in [4.69, 9.17) is 18.9 Å². The van der Waals surface area contributed by atoms with Gasteiger partial charge in [0.25, 0.3) is 0 Å². The predicted octanol–water partition coefficient (Wildman–Crippen LogP) is 34.6. The van der Waals surface area contributed by atoms with Crippen molar-refractivity contribution in [2.45, 2.75) is 278 Å². The van der Waals surface area contributed by atoms with E-state index >= 15 is 0 Å². The van der Waals surface area contributed by atoms with Gasteiger partial charge in [-0.15, -0.1) is 0 Å². The van der Waals surface area contributed by atoms with E-state index < -0.39 is 29.3 Å². The summed E-state index contributed by atoms with van der Waals surface area (Å²) in [5.41, 5.74) is 20.4. The second-order valence-corrected chi connectivity index (χ2v) is 41.6. The number of halogens is 4. The SMILES string of the molecule is CCC1CCC(c2ccc(-c3ccc4c(c3)OC(CC)CN4C(=O)Nc3ccc(F)cc3C(F)(F)F)cc2)CC1.CCC1CCC(c2ccc(-c3ccc4c(c3)OC(CC)CN4C(=O)Nc3ccccc3C)cc2)CC1.CCC1CCC(c2ccc(-c3ccc4c(c3)OCC(C)N4C(=O)Nc3ccccc3)cc2)CC1.CCc1ccccc1NC(=O)N1CC(CC)Oc2cc(-c3ccc(C4CCC(CC)CC4)cc3)ccc21. The Morgan fingerprint density at radius 1 is 0.327 bits per heavy atom. The van der Waals surface area contributed by atoms with E-state index in [1.807, 2.05) is 134 Å². The Bertz CT molecular complexity index is 6430. The van der Waals surface area contributed by atoms with Crippen molar-refractivity contribution in [3.8, 4) is 67.5 Å². The van der Waals surface area contributed by atoms with Crippen molar-refractivity contribution in [2.24, 2.45) is 23.7 Å². The van der Waals surface area contributed by atoms with Gasteiger partial charge in [-0.3, -0.25) is 19.6 Å². The molecule has 4 atom stereocenters. The molecule has 8 amide bonds. The molecule has 4 heterocycles. The summed E-state index contributed by atoms with van der Waals surface area (Å²) in [6.07, 6.45) is 24.2. The molecule has 770 valence electrons. The number of hydrogen-bond donors (Lipinski definition) is 4. The van der Waals surface area contributed by atoms with Gasteiger partial charge in [-0.1, -0.05) is 257 Å². The van der Waals surface area contributed by atoms with Gasteiger partial charge in [0, 0.05) is 17.1 Å². The first-order valence-corrected chi connectivity index (χ1v) is 54.4. The number of para-hydroxylation sites is 3. The molecule has 4 aliphatic carbocycles. The lowest BCUT2D eigenvalue weighted by Crippen LogP contribution is -2.47. The van der Waals surface area contributed by atoms with E-state index in [1.54, 1.807) is 11.0 Å². The number of nitrogens with one attached hydrogen (secondary N) is 4. The van der Waals surface area contributed by atoms with Crippen molar-refractivity contribution in [3.63, 3.8) is 0 Å². The van der Waals surface area contributed by atoms with Gasteiger partial charge < -0.3 is 40.2 Å². The number of anilines is 8. The maximum absolute atomic E-state index is 13.5. The molecule has 12 aromatic carbocycles. The Morgan fingerprint density at radius 3 is 1.01 bits per heavy atom. The first-order valence-electron chi connectivity index (χ1n) is 54.4. The summed E-state index contributed by atoms with van der Waals surface area (Å²) in [6, 6.07) is 86.5. The quantitative estimate of drug-likeness (QED) is 0.0547. The van der Waals surface area contributed by atoms with Crippen LogP contribution in [0.2, 0.25) is 0 Å². The van der Waals surface area contributed by atoms with Gasteiger partial charge in [0.2, 0.25) is 0 Å². The molecule has 0 aromatic heterocycles. The van der Waals surface area contributed by atoms with Gasteiger partial charge >= 0.3 is 30.3 Å². The number of rotatable bonds is 20. The minimum Gasteiger partial charge on any atom is -0.489 e. The lowest BCUT2D eigenvalue weighted by Gasteiger charge is -2.35. The number of nitrogens with zero attached hydrogens (tertiary/aromatic N) is 4. The summed E-state index contributed by atoms with van der Waals surface area (Å²) >= 11 is 0. The Hall–Kier alpha value is -13.4. The number of hydrogen-bond acceptors (Lipinski definition) is 8. The molecule has 4 aliphatic heterocycles. The van der Waals surface area contributed by atoms with Crippen LogP contribution in [0.15, 0.2) is 267 Å². The van der Waals surface area contributed by atoms with Crippen LogP contribution in [0.4, 0.5) is 82.2 Å². The summed E-state index contributed by atoms with van der Waals surface area (Å²) < 4.78 is 78.9. The number of urea groups is 4. The van der Waals surface area contributed by atoms with Crippen LogP contribution in [0.25, 0.3) is 44.5 Å².